The second-order valence-electron chi connectivity index (χ2n) is 6.88. The third kappa shape index (κ3) is 5.19. The van der Waals surface area contributed by atoms with Gasteiger partial charge in [-0.3, -0.25) is 9.59 Å². The maximum Gasteiger partial charge on any atom is 0.251 e. The fourth-order valence-corrected chi connectivity index (χ4v) is 3.57. The number of halogens is 1. The van der Waals surface area contributed by atoms with Gasteiger partial charge >= 0.3 is 0 Å². The van der Waals surface area contributed by atoms with E-state index < -0.39 is 0 Å². The number of piperidine rings is 1. The highest BCUT2D eigenvalue weighted by molar-refractivity contribution is 5.94. The van der Waals surface area contributed by atoms with Crippen LogP contribution < -0.4 is 10.6 Å². The molecule has 0 bridgehead atoms. The van der Waals surface area contributed by atoms with Crippen LogP contribution in [0.5, 0.6) is 0 Å². The minimum Gasteiger partial charge on any atom is -0.375 e. The zero-order valence-electron chi connectivity index (χ0n) is 15.1. The SMILES string of the molecule is C[C@H]1OCCN[C@@H]1C(=O)N1CCCC(CNC(=O)c2ccccc2)C1.Cl. The van der Waals surface area contributed by atoms with Crippen molar-refractivity contribution in [3.8, 4) is 0 Å². The summed E-state index contributed by atoms with van der Waals surface area (Å²) in [6.45, 7) is 5.38. The highest BCUT2D eigenvalue weighted by Gasteiger charge is 2.34. The second kappa shape index (κ2) is 9.90. The predicted molar refractivity (Wildman–Crippen MR) is 103 cm³/mol. The molecule has 3 atom stereocenters. The van der Waals surface area contributed by atoms with Gasteiger partial charge in [-0.15, -0.1) is 12.4 Å². The van der Waals surface area contributed by atoms with E-state index in [1.807, 2.05) is 42.2 Å². The lowest BCUT2D eigenvalue weighted by molar-refractivity contribution is -0.141. The monoisotopic (exact) mass is 381 g/mol. The van der Waals surface area contributed by atoms with Gasteiger partial charge in [-0.25, -0.2) is 0 Å². The molecule has 6 nitrogen and oxygen atoms in total. The van der Waals surface area contributed by atoms with Crippen LogP contribution in [0.3, 0.4) is 0 Å². The number of morpholine rings is 1. The average Bonchev–Trinajstić information content (AvgIpc) is 2.67. The van der Waals surface area contributed by atoms with Crippen LogP contribution >= 0.6 is 12.4 Å². The molecule has 2 amide bonds. The van der Waals surface area contributed by atoms with E-state index in [1.54, 1.807) is 0 Å². The van der Waals surface area contributed by atoms with E-state index >= 15 is 0 Å². The Morgan fingerprint density at radius 2 is 2.08 bits per heavy atom. The van der Waals surface area contributed by atoms with Crippen molar-refractivity contribution in [1.29, 1.82) is 0 Å². The molecule has 7 heteroatoms. The molecule has 1 unspecified atom stereocenters. The molecule has 2 fully saturated rings. The van der Waals surface area contributed by atoms with Crippen molar-refractivity contribution in [2.45, 2.75) is 31.9 Å². The first-order valence-electron chi connectivity index (χ1n) is 9.12. The first-order chi connectivity index (χ1) is 12.1. The molecule has 0 aromatic heterocycles. The summed E-state index contributed by atoms with van der Waals surface area (Å²) in [5.41, 5.74) is 0.670. The summed E-state index contributed by atoms with van der Waals surface area (Å²) in [5, 5.41) is 6.27. The minimum absolute atomic E-state index is 0. The van der Waals surface area contributed by atoms with Crippen LogP contribution in [0.4, 0.5) is 0 Å². The Kier molecular flexibility index (Phi) is 7.87. The van der Waals surface area contributed by atoms with E-state index in [0.717, 1.165) is 19.4 Å². The normalized spacial score (nSPS) is 25.9. The molecule has 2 aliphatic rings. The molecular formula is C19H28ClN3O3. The van der Waals surface area contributed by atoms with Gasteiger partial charge in [0.05, 0.1) is 12.7 Å². The van der Waals surface area contributed by atoms with Crippen molar-refractivity contribution in [3.05, 3.63) is 35.9 Å². The first-order valence-corrected chi connectivity index (χ1v) is 9.12. The standard InChI is InChI=1S/C19H27N3O3.ClH/c1-14-17(20-9-11-25-14)19(24)22-10-5-6-15(13-22)12-21-18(23)16-7-3-2-4-8-16;/h2-4,7-8,14-15,17,20H,5-6,9-13H2,1H3,(H,21,23);1H/t14-,15?,17+;/m1./s1. The van der Waals surface area contributed by atoms with E-state index in [2.05, 4.69) is 10.6 Å². The summed E-state index contributed by atoms with van der Waals surface area (Å²) in [5.74, 6) is 0.358. The van der Waals surface area contributed by atoms with Crippen LogP contribution in [-0.4, -0.2) is 61.6 Å². The third-order valence-corrected chi connectivity index (χ3v) is 5.00. The number of ether oxygens (including phenoxy) is 1. The molecule has 1 aromatic carbocycles. The van der Waals surface area contributed by atoms with Gasteiger partial charge in [-0.2, -0.15) is 0 Å². The quantitative estimate of drug-likeness (QED) is 0.828. The largest absolute Gasteiger partial charge is 0.375 e. The molecule has 0 aliphatic carbocycles. The maximum atomic E-state index is 12.8. The highest BCUT2D eigenvalue weighted by atomic mass is 35.5. The van der Waals surface area contributed by atoms with Crippen LogP contribution in [0.1, 0.15) is 30.1 Å². The fraction of sp³-hybridized carbons (Fsp3) is 0.579. The summed E-state index contributed by atoms with van der Waals surface area (Å²) in [6, 6.07) is 8.97. The molecule has 144 valence electrons. The van der Waals surface area contributed by atoms with Gasteiger partial charge in [0, 0.05) is 31.7 Å². The zero-order chi connectivity index (χ0) is 17.6. The van der Waals surface area contributed by atoms with Crippen molar-refractivity contribution in [2.24, 2.45) is 5.92 Å². The van der Waals surface area contributed by atoms with Gasteiger partial charge in [0.15, 0.2) is 0 Å². The van der Waals surface area contributed by atoms with Gasteiger partial charge in [-0.05, 0) is 37.8 Å². The first kappa shape index (κ1) is 20.7. The molecule has 2 saturated heterocycles. The molecule has 2 N–H and O–H groups in total. The summed E-state index contributed by atoms with van der Waals surface area (Å²) < 4.78 is 5.59. The molecule has 0 radical (unpaired) electrons. The third-order valence-electron chi connectivity index (χ3n) is 5.00. The van der Waals surface area contributed by atoms with Crippen molar-refractivity contribution in [2.75, 3.05) is 32.8 Å². The Balaban J connectivity index is 0.00000243. The smallest absolute Gasteiger partial charge is 0.251 e. The van der Waals surface area contributed by atoms with Crippen LogP contribution in [0.2, 0.25) is 0 Å². The number of amides is 2. The van der Waals surface area contributed by atoms with Crippen molar-refractivity contribution in [1.82, 2.24) is 15.5 Å². The van der Waals surface area contributed by atoms with Gasteiger partial charge in [0.25, 0.3) is 5.91 Å². The molecule has 3 rings (SSSR count). The number of hydrogen-bond donors (Lipinski definition) is 2. The molecule has 0 saturated carbocycles. The molecular weight excluding hydrogens is 354 g/mol. The topological polar surface area (TPSA) is 70.7 Å². The number of hydrogen-bond acceptors (Lipinski definition) is 4. The summed E-state index contributed by atoms with van der Waals surface area (Å²) >= 11 is 0. The average molecular weight is 382 g/mol. The Morgan fingerprint density at radius 3 is 2.81 bits per heavy atom. The van der Waals surface area contributed by atoms with E-state index in [4.69, 9.17) is 4.74 Å². The maximum absolute atomic E-state index is 12.8. The Labute approximate surface area is 161 Å². The van der Waals surface area contributed by atoms with Crippen LogP contribution in [0.25, 0.3) is 0 Å². The second-order valence-corrected chi connectivity index (χ2v) is 6.88. The summed E-state index contributed by atoms with van der Waals surface area (Å²) in [7, 11) is 0. The number of carbonyl (C=O) groups excluding carboxylic acids is 2. The lowest BCUT2D eigenvalue weighted by Crippen LogP contribution is -2.58. The number of rotatable bonds is 4. The van der Waals surface area contributed by atoms with Gasteiger partial charge in [0.2, 0.25) is 5.91 Å². The van der Waals surface area contributed by atoms with Gasteiger partial charge < -0.3 is 20.3 Å². The number of nitrogens with one attached hydrogen (secondary N) is 2. The lowest BCUT2D eigenvalue weighted by atomic mass is 9.96. The van der Waals surface area contributed by atoms with Crippen LogP contribution in [0, 0.1) is 5.92 Å². The van der Waals surface area contributed by atoms with E-state index in [1.165, 1.54) is 0 Å². The van der Waals surface area contributed by atoms with Crippen molar-refractivity contribution >= 4 is 24.2 Å². The van der Waals surface area contributed by atoms with Crippen molar-refractivity contribution < 1.29 is 14.3 Å². The van der Waals surface area contributed by atoms with Crippen LogP contribution in [0.15, 0.2) is 30.3 Å². The summed E-state index contributed by atoms with van der Waals surface area (Å²) in [6.07, 6.45) is 1.90. The highest BCUT2D eigenvalue weighted by Crippen LogP contribution is 2.18. The summed E-state index contributed by atoms with van der Waals surface area (Å²) in [4.78, 5) is 26.9. The molecule has 0 spiro atoms. The molecule has 2 aliphatic heterocycles. The molecule has 1 aromatic rings. The van der Waals surface area contributed by atoms with E-state index in [0.29, 0.717) is 37.7 Å². The predicted octanol–water partition coefficient (Wildman–Crippen LogP) is 1.45. The van der Waals surface area contributed by atoms with Crippen molar-refractivity contribution in [3.63, 3.8) is 0 Å². The van der Waals surface area contributed by atoms with Gasteiger partial charge in [0.1, 0.15) is 6.04 Å². The van der Waals surface area contributed by atoms with E-state index in [-0.39, 0.29) is 36.4 Å². The lowest BCUT2D eigenvalue weighted by Gasteiger charge is -2.38. The molecule has 2 heterocycles. The van der Waals surface area contributed by atoms with Gasteiger partial charge in [-0.1, -0.05) is 18.2 Å². The van der Waals surface area contributed by atoms with E-state index in [9.17, 15) is 9.59 Å². The number of benzene rings is 1. The Bertz CT molecular complexity index is 599. The Morgan fingerprint density at radius 1 is 1.31 bits per heavy atom. The number of carbonyl (C=O) groups is 2. The zero-order valence-corrected chi connectivity index (χ0v) is 16.0. The van der Waals surface area contributed by atoms with Crippen LogP contribution in [-0.2, 0) is 9.53 Å². The minimum atomic E-state index is -0.258. The number of likely N-dealkylation sites (tertiary alicyclic amines) is 1. The fourth-order valence-electron chi connectivity index (χ4n) is 3.57. The number of nitrogens with zero attached hydrogens (tertiary/aromatic N) is 1. The Hall–Kier alpha value is -1.63. The molecule has 26 heavy (non-hydrogen) atoms.